The molecular weight excluding hydrogens is 238 g/mol. The Morgan fingerprint density at radius 3 is 2.78 bits per heavy atom. The number of rotatable bonds is 6. The number of nitrogens with one attached hydrogen (secondary N) is 2. The Hall–Kier alpha value is -2.18. The Bertz CT molecular complexity index is 463. The average molecular weight is 253 g/mol. The fraction of sp³-hybridized carbons (Fsp3) is 0.455. The van der Waals surface area contributed by atoms with Gasteiger partial charge in [0.2, 0.25) is 0 Å². The molecule has 0 bridgehead atoms. The summed E-state index contributed by atoms with van der Waals surface area (Å²) in [4.78, 5) is 32.8. The molecule has 1 aromatic rings. The van der Waals surface area contributed by atoms with E-state index in [0.29, 0.717) is 19.4 Å². The molecule has 7 heteroatoms. The summed E-state index contributed by atoms with van der Waals surface area (Å²) >= 11 is 0. The molecule has 1 unspecified atom stereocenters. The minimum atomic E-state index is -0.844. The Kier molecular flexibility index (Phi) is 5.04. The quantitative estimate of drug-likeness (QED) is 0.618. The second-order valence-corrected chi connectivity index (χ2v) is 3.94. The number of carbonyl (C=O) groups excluding carboxylic acids is 1. The summed E-state index contributed by atoms with van der Waals surface area (Å²) in [5, 5.41) is 17.0. The highest BCUT2D eigenvalue weighted by Crippen LogP contribution is 2.04. The van der Waals surface area contributed by atoms with Crippen LogP contribution >= 0.6 is 0 Å². The van der Waals surface area contributed by atoms with Gasteiger partial charge in [-0.25, -0.2) is 5.10 Å². The smallest absolute Gasteiger partial charge is 0.306 e. The van der Waals surface area contributed by atoms with Crippen molar-refractivity contribution >= 4 is 11.9 Å². The summed E-state index contributed by atoms with van der Waals surface area (Å²) in [6, 6.07) is 2.54. The molecule has 0 saturated heterocycles. The number of carboxylic acids is 1. The van der Waals surface area contributed by atoms with Gasteiger partial charge in [-0.15, -0.1) is 0 Å². The first-order valence-corrected chi connectivity index (χ1v) is 5.57. The molecule has 0 spiro atoms. The molecule has 0 aliphatic heterocycles. The minimum Gasteiger partial charge on any atom is -0.481 e. The third-order valence-corrected chi connectivity index (χ3v) is 2.43. The van der Waals surface area contributed by atoms with E-state index in [1.165, 1.54) is 12.1 Å². The molecule has 0 saturated carbocycles. The number of H-pyrrole nitrogens is 1. The fourth-order valence-electron chi connectivity index (χ4n) is 1.30. The van der Waals surface area contributed by atoms with E-state index in [0.717, 1.165) is 0 Å². The van der Waals surface area contributed by atoms with Crippen LogP contribution in [0.15, 0.2) is 16.9 Å². The van der Waals surface area contributed by atoms with Crippen molar-refractivity contribution in [2.45, 2.75) is 19.8 Å². The molecule has 3 N–H and O–H groups in total. The molecule has 98 valence electrons. The molecular formula is C11H15N3O4. The van der Waals surface area contributed by atoms with Gasteiger partial charge in [-0.3, -0.25) is 14.4 Å². The third kappa shape index (κ3) is 4.36. The summed E-state index contributed by atoms with van der Waals surface area (Å²) in [6.07, 6.45) is 1.07. The van der Waals surface area contributed by atoms with E-state index in [1.54, 1.807) is 6.92 Å². The van der Waals surface area contributed by atoms with Crippen molar-refractivity contribution in [3.63, 3.8) is 0 Å². The molecule has 0 aromatic carbocycles. The van der Waals surface area contributed by atoms with Gasteiger partial charge in [-0.1, -0.05) is 6.92 Å². The van der Waals surface area contributed by atoms with Crippen molar-refractivity contribution in [2.75, 3.05) is 6.54 Å². The van der Waals surface area contributed by atoms with Crippen molar-refractivity contribution < 1.29 is 14.7 Å². The number of aromatic nitrogens is 2. The zero-order chi connectivity index (χ0) is 13.5. The highest BCUT2D eigenvalue weighted by atomic mass is 16.4. The zero-order valence-electron chi connectivity index (χ0n) is 9.97. The van der Waals surface area contributed by atoms with E-state index in [4.69, 9.17) is 5.11 Å². The first-order chi connectivity index (χ1) is 8.50. The number of amides is 1. The van der Waals surface area contributed by atoms with Gasteiger partial charge >= 0.3 is 5.97 Å². The van der Waals surface area contributed by atoms with Gasteiger partial charge in [-0.2, -0.15) is 5.10 Å². The lowest BCUT2D eigenvalue weighted by molar-refractivity contribution is -0.141. The van der Waals surface area contributed by atoms with Crippen LogP contribution in [0.1, 0.15) is 30.3 Å². The highest BCUT2D eigenvalue weighted by molar-refractivity contribution is 5.91. The number of hydrogen-bond acceptors (Lipinski definition) is 4. The Labute approximate surface area is 103 Å². The van der Waals surface area contributed by atoms with Crippen LogP contribution in [0.5, 0.6) is 0 Å². The molecule has 7 nitrogen and oxygen atoms in total. The maximum Gasteiger partial charge on any atom is 0.306 e. The van der Waals surface area contributed by atoms with Crippen molar-refractivity contribution in [3.8, 4) is 0 Å². The number of hydrogen-bond donors (Lipinski definition) is 3. The molecule has 1 aromatic heterocycles. The van der Waals surface area contributed by atoms with Crippen LogP contribution in [0.25, 0.3) is 0 Å². The van der Waals surface area contributed by atoms with Crippen molar-refractivity contribution in [3.05, 3.63) is 28.2 Å². The first kappa shape index (κ1) is 13.9. The normalized spacial score (nSPS) is 11.8. The van der Waals surface area contributed by atoms with Crippen molar-refractivity contribution in [1.82, 2.24) is 15.5 Å². The predicted octanol–water partition coefficient (Wildman–Crippen LogP) is 0.000600. The maximum absolute atomic E-state index is 11.5. The SMILES string of the molecule is CC(CCCNC(=O)c1ccc(=O)[nH]n1)C(=O)O. The molecule has 1 atom stereocenters. The van der Waals surface area contributed by atoms with Crippen molar-refractivity contribution in [1.29, 1.82) is 0 Å². The van der Waals surface area contributed by atoms with E-state index in [-0.39, 0.29) is 11.3 Å². The third-order valence-electron chi connectivity index (χ3n) is 2.43. The Morgan fingerprint density at radius 1 is 1.50 bits per heavy atom. The van der Waals surface area contributed by atoms with Crippen molar-refractivity contribution in [2.24, 2.45) is 5.92 Å². The van der Waals surface area contributed by atoms with Gasteiger partial charge in [0.25, 0.3) is 11.5 Å². The molecule has 0 radical (unpaired) electrons. The van der Waals surface area contributed by atoms with Crippen LogP contribution in [0.2, 0.25) is 0 Å². The lowest BCUT2D eigenvalue weighted by Crippen LogP contribution is -2.27. The van der Waals surface area contributed by atoms with E-state index in [2.05, 4.69) is 15.5 Å². The van der Waals surface area contributed by atoms with E-state index in [9.17, 15) is 14.4 Å². The standard InChI is InChI=1S/C11H15N3O4/c1-7(11(17)18)3-2-6-12-10(16)8-4-5-9(15)14-13-8/h4-5,7H,2-3,6H2,1H3,(H,12,16)(H,14,15)(H,17,18). The Morgan fingerprint density at radius 2 is 2.22 bits per heavy atom. The van der Waals surface area contributed by atoms with E-state index >= 15 is 0 Å². The molecule has 1 rings (SSSR count). The van der Waals surface area contributed by atoms with Gasteiger partial charge in [0.1, 0.15) is 5.69 Å². The molecule has 18 heavy (non-hydrogen) atoms. The number of aromatic amines is 1. The summed E-state index contributed by atoms with van der Waals surface area (Å²) < 4.78 is 0. The minimum absolute atomic E-state index is 0.126. The Balaban J connectivity index is 2.32. The van der Waals surface area contributed by atoms with Crippen LogP contribution in [-0.2, 0) is 4.79 Å². The van der Waals surface area contributed by atoms with Gasteiger partial charge in [0, 0.05) is 12.6 Å². The number of carboxylic acid groups (broad SMARTS) is 1. The zero-order valence-corrected chi connectivity index (χ0v) is 9.97. The van der Waals surface area contributed by atoms with Gasteiger partial charge < -0.3 is 10.4 Å². The van der Waals surface area contributed by atoms with Gasteiger partial charge in [0.05, 0.1) is 5.92 Å². The lowest BCUT2D eigenvalue weighted by Gasteiger charge is -2.06. The molecule has 0 aliphatic rings. The summed E-state index contributed by atoms with van der Waals surface area (Å²) in [6.45, 7) is 1.99. The van der Waals surface area contributed by atoms with Crippen LogP contribution in [0.3, 0.4) is 0 Å². The number of carbonyl (C=O) groups is 2. The largest absolute Gasteiger partial charge is 0.481 e. The highest BCUT2D eigenvalue weighted by Gasteiger charge is 2.11. The topological polar surface area (TPSA) is 112 Å². The predicted molar refractivity (Wildman–Crippen MR) is 63.2 cm³/mol. The second-order valence-electron chi connectivity index (χ2n) is 3.94. The molecule has 0 aliphatic carbocycles. The van der Waals surface area contributed by atoms with Gasteiger partial charge in [-0.05, 0) is 18.9 Å². The van der Waals surface area contributed by atoms with Crippen LogP contribution < -0.4 is 10.9 Å². The van der Waals surface area contributed by atoms with E-state index < -0.39 is 17.8 Å². The number of nitrogens with zero attached hydrogens (tertiary/aromatic N) is 1. The van der Waals surface area contributed by atoms with Crippen LogP contribution in [-0.4, -0.2) is 33.7 Å². The van der Waals surface area contributed by atoms with Gasteiger partial charge in [0.15, 0.2) is 0 Å². The summed E-state index contributed by atoms with van der Waals surface area (Å²) in [7, 11) is 0. The summed E-state index contributed by atoms with van der Waals surface area (Å²) in [5.74, 6) is -1.66. The van der Waals surface area contributed by atoms with E-state index in [1.807, 2.05) is 0 Å². The summed E-state index contributed by atoms with van der Waals surface area (Å²) in [5.41, 5.74) is -0.247. The van der Waals surface area contributed by atoms with Crippen LogP contribution in [0, 0.1) is 5.92 Å². The maximum atomic E-state index is 11.5. The molecule has 1 amide bonds. The average Bonchev–Trinajstić information content (AvgIpc) is 2.34. The number of aliphatic carboxylic acids is 1. The fourth-order valence-corrected chi connectivity index (χ4v) is 1.30. The molecule has 0 fully saturated rings. The first-order valence-electron chi connectivity index (χ1n) is 5.57. The monoisotopic (exact) mass is 253 g/mol. The molecule has 1 heterocycles. The second kappa shape index (κ2) is 6.53. The van der Waals surface area contributed by atoms with Crippen LogP contribution in [0.4, 0.5) is 0 Å². The lowest BCUT2D eigenvalue weighted by atomic mass is 10.1.